The van der Waals surface area contributed by atoms with Gasteiger partial charge in [-0.15, -0.1) is 0 Å². The van der Waals surface area contributed by atoms with E-state index in [1.165, 1.54) is 5.56 Å². The Balaban J connectivity index is 1.36. The van der Waals surface area contributed by atoms with E-state index in [4.69, 9.17) is 32.7 Å². The second-order valence-electron chi connectivity index (χ2n) is 8.40. The number of ether oxygens (including phenoxy) is 2. The Labute approximate surface area is 203 Å². The highest BCUT2D eigenvalue weighted by Gasteiger charge is 2.35. The van der Waals surface area contributed by atoms with Crippen LogP contribution in [0.2, 0.25) is 10.0 Å². The van der Waals surface area contributed by atoms with Gasteiger partial charge in [0.25, 0.3) is 0 Å². The molecule has 4 nitrogen and oxygen atoms in total. The largest absolute Gasteiger partial charge is 0.478 e. The lowest BCUT2D eigenvalue weighted by Gasteiger charge is -2.30. The van der Waals surface area contributed by atoms with Crippen LogP contribution in [-0.4, -0.2) is 24.0 Å². The third kappa shape index (κ3) is 4.51. The molecule has 0 fully saturated rings. The third-order valence-electron chi connectivity index (χ3n) is 6.01. The Morgan fingerprint density at radius 3 is 2.67 bits per heavy atom. The van der Waals surface area contributed by atoms with Crippen LogP contribution in [0.3, 0.4) is 0 Å². The lowest BCUT2D eigenvalue weighted by molar-refractivity contribution is 0.0928. The number of hydrogen-bond acceptors (Lipinski definition) is 4. The number of halogens is 2. The minimum Gasteiger partial charge on any atom is -0.478 e. The van der Waals surface area contributed by atoms with Gasteiger partial charge in [0.15, 0.2) is 5.76 Å². The molecule has 2 heterocycles. The molecule has 0 saturated heterocycles. The molecule has 2 aliphatic heterocycles. The van der Waals surface area contributed by atoms with Crippen molar-refractivity contribution in [1.29, 1.82) is 0 Å². The van der Waals surface area contributed by atoms with Crippen molar-refractivity contribution in [2.45, 2.75) is 26.3 Å². The molecule has 168 valence electrons. The molecule has 0 radical (unpaired) electrons. The second-order valence-corrected chi connectivity index (χ2v) is 9.22. The summed E-state index contributed by atoms with van der Waals surface area (Å²) in [5.41, 5.74) is 4.47. The number of nitrogens with zero attached hydrogens (tertiary/aromatic N) is 1. The first kappa shape index (κ1) is 22.0. The number of benzene rings is 3. The Morgan fingerprint density at radius 2 is 1.88 bits per heavy atom. The van der Waals surface area contributed by atoms with E-state index in [9.17, 15) is 4.79 Å². The molecule has 33 heavy (non-hydrogen) atoms. The van der Waals surface area contributed by atoms with Crippen molar-refractivity contribution in [1.82, 2.24) is 4.90 Å². The van der Waals surface area contributed by atoms with E-state index in [1.54, 1.807) is 24.3 Å². The highest BCUT2D eigenvalue weighted by atomic mass is 35.5. The summed E-state index contributed by atoms with van der Waals surface area (Å²) in [5, 5.41) is 0.900. The maximum Gasteiger partial charge on any atom is 0.232 e. The van der Waals surface area contributed by atoms with E-state index in [0.29, 0.717) is 34.6 Å². The van der Waals surface area contributed by atoms with Gasteiger partial charge in [-0.2, -0.15) is 0 Å². The molecule has 3 aromatic carbocycles. The van der Waals surface area contributed by atoms with Gasteiger partial charge in [0.1, 0.15) is 18.2 Å². The van der Waals surface area contributed by atoms with Crippen molar-refractivity contribution < 1.29 is 14.3 Å². The van der Waals surface area contributed by atoms with E-state index in [2.05, 4.69) is 29.2 Å². The Kier molecular flexibility index (Phi) is 6.15. The summed E-state index contributed by atoms with van der Waals surface area (Å²) in [5.74, 6) is 1.54. The van der Waals surface area contributed by atoms with Crippen LogP contribution in [0.15, 0.2) is 60.4 Å². The fourth-order valence-electron chi connectivity index (χ4n) is 4.32. The molecule has 0 aliphatic carbocycles. The van der Waals surface area contributed by atoms with Gasteiger partial charge in [-0.3, -0.25) is 9.69 Å². The van der Waals surface area contributed by atoms with E-state index < -0.39 is 0 Å². The van der Waals surface area contributed by atoms with Crippen molar-refractivity contribution >= 4 is 35.1 Å². The molecule has 6 heteroatoms. The predicted octanol–water partition coefficient (Wildman–Crippen LogP) is 6.70. The number of Topliss-reactive ketones (excluding diaryl/α,β-unsaturated/α-hetero) is 1. The number of ketones is 1. The monoisotopic (exact) mass is 479 g/mol. The second kappa shape index (κ2) is 9.22. The SMILES string of the molecule is Cc1cc2c(c3c1C(=O)/C(=C/c1ccc(Cl)c(Cl)c1)O3)CN(CCCc1ccccc1)CO2. The molecule has 0 N–H and O–H groups in total. The van der Waals surface area contributed by atoms with E-state index in [-0.39, 0.29) is 11.5 Å². The summed E-state index contributed by atoms with van der Waals surface area (Å²) in [4.78, 5) is 15.4. The number of carbonyl (C=O) groups is 1. The first-order chi connectivity index (χ1) is 16.0. The number of rotatable bonds is 5. The lowest BCUT2D eigenvalue weighted by atomic mass is 9.98. The van der Waals surface area contributed by atoms with Crippen LogP contribution in [0, 0.1) is 6.92 Å². The van der Waals surface area contributed by atoms with Gasteiger partial charge in [-0.05, 0) is 60.7 Å². The van der Waals surface area contributed by atoms with Crippen molar-refractivity contribution in [2.75, 3.05) is 13.3 Å². The highest BCUT2D eigenvalue weighted by molar-refractivity contribution is 6.42. The molecule has 0 atom stereocenters. The summed E-state index contributed by atoms with van der Waals surface area (Å²) < 4.78 is 12.2. The van der Waals surface area contributed by atoms with Crippen LogP contribution in [0.4, 0.5) is 0 Å². The molecular weight excluding hydrogens is 457 g/mol. The van der Waals surface area contributed by atoms with Crippen molar-refractivity contribution in [3.63, 3.8) is 0 Å². The molecule has 5 rings (SSSR count). The summed E-state index contributed by atoms with van der Waals surface area (Å²) in [6, 6.07) is 17.6. The van der Waals surface area contributed by atoms with Crippen LogP contribution in [-0.2, 0) is 13.0 Å². The number of allylic oxidation sites excluding steroid dienone is 1. The Bertz CT molecular complexity index is 1250. The number of aryl methyl sites for hydroxylation is 2. The standard InChI is InChI=1S/C27H23Cl2NO3/c1-17-12-23-20(15-30(16-32-23)11-5-8-18-6-3-2-4-7-18)27-25(17)26(31)24(33-27)14-19-9-10-21(28)22(29)13-19/h2-4,6-7,9-10,12-14H,5,8,11,15-16H2,1H3/b24-14-. The molecule has 3 aromatic rings. The average Bonchev–Trinajstić information content (AvgIpc) is 3.14. The Morgan fingerprint density at radius 1 is 1.06 bits per heavy atom. The molecule has 0 saturated carbocycles. The maximum atomic E-state index is 13.2. The number of fused-ring (bicyclic) bond motifs is 3. The van der Waals surface area contributed by atoms with Gasteiger partial charge in [-0.25, -0.2) is 0 Å². The summed E-state index contributed by atoms with van der Waals surface area (Å²) in [6.07, 6.45) is 3.75. The quantitative estimate of drug-likeness (QED) is 0.381. The van der Waals surface area contributed by atoms with Crippen molar-refractivity contribution in [2.24, 2.45) is 0 Å². The maximum absolute atomic E-state index is 13.2. The zero-order valence-corrected chi connectivity index (χ0v) is 19.7. The lowest BCUT2D eigenvalue weighted by Crippen LogP contribution is -2.33. The fourth-order valence-corrected chi connectivity index (χ4v) is 4.63. The molecule has 2 aliphatic rings. The van der Waals surface area contributed by atoms with E-state index >= 15 is 0 Å². The van der Waals surface area contributed by atoms with Crippen LogP contribution in [0.25, 0.3) is 6.08 Å². The van der Waals surface area contributed by atoms with Gasteiger partial charge in [0.05, 0.1) is 21.2 Å². The van der Waals surface area contributed by atoms with Crippen LogP contribution < -0.4 is 9.47 Å². The average molecular weight is 480 g/mol. The van der Waals surface area contributed by atoms with Crippen LogP contribution in [0.5, 0.6) is 11.5 Å². The van der Waals surface area contributed by atoms with Crippen molar-refractivity contribution in [3.05, 3.63) is 98.2 Å². The molecule has 0 amide bonds. The highest BCUT2D eigenvalue weighted by Crippen LogP contribution is 2.44. The van der Waals surface area contributed by atoms with Crippen molar-refractivity contribution in [3.8, 4) is 11.5 Å². The van der Waals surface area contributed by atoms with Gasteiger partial charge in [-0.1, -0.05) is 59.6 Å². The van der Waals surface area contributed by atoms with E-state index in [1.807, 2.05) is 19.1 Å². The fraction of sp³-hybridized carbons (Fsp3) is 0.222. The summed E-state index contributed by atoms with van der Waals surface area (Å²) in [6.45, 7) is 4.02. The summed E-state index contributed by atoms with van der Waals surface area (Å²) >= 11 is 12.1. The van der Waals surface area contributed by atoms with Gasteiger partial charge < -0.3 is 9.47 Å². The smallest absolute Gasteiger partial charge is 0.232 e. The first-order valence-corrected chi connectivity index (χ1v) is 11.7. The zero-order valence-electron chi connectivity index (χ0n) is 18.2. The Hall–Kier alpha value is -2.79. The first-order valence-electron chi connectivity index (χ1n) is 10.9. The molecule has 0 bridgehead atoms. The normalized spacial score (nSPS) is 16.3. The number of carbonyl (C=O) groups excluding carboxylic acids is 1. The van der Waals surface area contributed by atoms with Gasteiger partial charge in [0.2, 0.25) is 5.78 Å². The molecule has 0 unspecified atom stereocenters. The summed E-state index contributed by atoms with van der Waals surface area (Å²) in [7, 11) is 0. The van der Waals surface area contributed by atoms with Gasteiger partial charge in [0, 0.05) is 13.1 Å². The van der Waals surface area contributed by atoms with Crippen LogP contribution in [0.1, 0.15) is 39.0 Å². The van der Waals surface area contributed by atoms with Gasteiger partial charge >= 0.3 is 0 Å². The zero-order chi connectivity index (χ0) is 22.9. The predicted molar refractivity (Wildman–Crippen MR) is 131 cm³/mol. The topological polar surface area (TPSA) is 38.8 Å². The third-order valence-corrected chi connectivity index (χ3v) is 6.75. The van der Waals surface area contributed by atoms with Crippen LogP contribution >= 0.6 is 23.2 Å². The van der Waals surface area contributed by atoms with E-state index in [0.717, 1.165) is 41.8 Å². The minimum atomic E-state index is -0.127. The molecule has 0 aromatic heterocycles. The molecule has 0 spiro atoms. The number of hydrogen-bond donors (Lipinski definition) is 0. The molecular formula is C27H23Cl2NO3. The minimum absolute atomic E-state index is 0.127.